The minimum atomic E-state index is -0.184. The zero-order chi connectivity index (χ0) is 14.2. The van der Waals surface area contributed by atoms with Crippen molar-refractivity contribution in [2.45, 2.75) is 50.7 Å². The van der Waals surface area contributed by atoms with Crippen molar-refractivity contribution in [3.63, 3.8) is 0 Å². The summed E-state index contributed by atoms with van der Waals surface area (Å²) >= 11 is 0. The highest BCUT2D eigenvalue weighted by molar-refractivity contribution is 5.27. The van der Waals surface area contributed by atoms with Crippen molar-refractivity contribution in [1.82, 2.24) is 15.1 Å². The number of halogens is 1. The van der Waals surface area contributed by atoms with E-state index in [4.69, 9.17) is 0 Å². The van der Waals surface area contributed by atoms with E-state index in [1.54, 1.807) is 0 Å². The predicted octanol–water partition coefficient (Wildman–Crippen LogP) is 3.20. The Balaban J connectivity index is 1.54. The van der Waals surface area contributed by atoms with E-state index in [1.807, 2.05) is 18.3 Å². The van der Waals surface area contributed by atoms with Gasteiger partial charge in [0.2, 0.25) is 0 Å². The number of benzene rings is 1. The van der Waals surface area contributed by atoms with Gasteiger partial charge in [0.05, 0.1) is 12.7 Å². The summed E-state index contributed by atoms with van der Waals surface area (Å²) in [6.07, 6.45) is 7.16. The number of hydrogen-bond donors (Lipinski definition) is 1. The van der Waals surface area contributed by atoms with Crippen molar-refractivity contribution in [2.24, 2.45) is 0 Å². The van der Waals surface area contributed by atoms with Crippen molar-refractivity contribution in [3.8, 4) is 0 Å². The summed E-state index contributed by atoms with van der Waals surface area (Å²) in [7, 11) is 0. The third kappa shape index (κ3) is 3.00. The second kappa shape index (κ2) is 5.26. The molecule has 0 unspecified atom stereocenters. The predicted molar refractivity (Wildman–Crippen MR) is 79.6 cm³/mol. The highest BCUT2D eigenvalue weighted by Gasteiger charge is 2.30. The monoisotopic (exact) mass is 285 g/mol. The first-order chi connectivity index (χ1) is 10.3. The Morgan fingerprint density at radius 1 is 1.14 bits per heavy atom. The molecule has 0 aliphatic heterocycles. The largest absolute Gasteiger partial charge is 0.310 e. The van der Waals surface area contributed by atoms with Crippen LogP contribution in [0.25, 0.3) is 0 Å². The molecule has 0 atom stereocenters. The lowest BCUT2D eigenvalue weighted by Gasteiger charge is -2.10. The minimum absolute atomic E-state index is 0.184. The molecule has 0 saturated heterocycles. The Bertz CT molecular complexity index is 624. The molecule has 1 aromatic heterocycles. The number of nitrogens with zero attached hydrogens (tertiary/aromatic N) is 2. The van der Waals surface area contributed by atoms with Crippen molar-refractivity contribution in [3.05, 3.63) is 53.1 Å². The SMILES string of the molecule is Fc1ccc(Cn2ncc(CNC3CC3)c2C2CC2)cc1. The van der Waals surface area contributed by atoms with Crippen LogP contribution in [0.4, 0.5) is 4.39 Å². The van der Waals surface area contributed by atoms with Gasteiger partial charge in [-0.05, 0) is 43.4 Å². The Labute approximate surface area is 124 Å². The summed E-state index contributed by atoms with van der Waals surface area (Å²) in [5.41, 5.74) is 3.82. The zero-order valence-corrected chi connectivity index (χ0v) is 12.1. The first kappa shape index (κ1) is 13.0. The van der Waals surface area contributed by atoms with Crippen LogP contribution in [-0.2, 0) is 13.1 Å². The first-order valence-electron chi connectivity index (χ1n) is 7.82. The molecular formula is C17H20FN3. The maximum Gasteiger partial charge on any atom is 0.123 e. The van der Waals surface area contributed by atoms with Gasteiger partial charge in [-0.1, -0.05) is 12.1 Å². The van der Waals surface area contributed by atoms with Gasteiger partial charge in [0, 0.05) is 29.8 Å². The van der Waals surface area contributed by atoms with Gasteiger partial charge >= 0.3 is 0 Å². The van der Waals surface area contributed by atoms with Crippen LogP contribution in [0, 0.1) is 5.82 Å². The molecule has 1 N–H and O–H groups in total. The molecule has 0 radical (unpaired) electrons. The summed E-state index contributed by atoms with van der Waals surface area (Å²) in [5, 5.41) is 8.15. The molecule has 0 spiro atoms. The molecule has 2 fully saturated rings. The van der Waals surface area contributed by atoms with Gasteiger partial charge in [-0.25, -0.2) is 4.39 Å². The summed E-state index contributed by atoms with van der Waals surface area (Å²) in [6.45, 7) is 1.66. The highest BCUT2D eigenvalue weighted by atomic mass is 19.1. The van der Waals surface area contributed by atoms with E-state index < -0.39 is 0 Å². The average Bonchev–Trinajstić information content (AvgIpc) is 3.40. The molecule has 1 aromatic carbocycles. The molecule has 0 amide bonds. The molecule has 2 aliphatic carbocycles. The van der Waals surface area contributed by atoms with Crippen LogP contribution in [0.2, 0.25) is 0 Å². The zero-order valence-electron chi connectivity index (χ0n) is 12.1. The fourth-order valence-electron chi connectivity index (χ4n) is 2.83. The van der Waals surface area contributed by atoms with Gasteiger partial charge in [-0.2, -0.15) is 5.10 Å². The second-order valence-corrected chi connectivity index (χ2v) is 6.27. The second-order valence-electron chi connectivity index (χ2n) is 6.27. The maximum atomic E-state index is 13.0. The Hall–Kier alpha value is -1.68. The molecule has 2 aromatic rings. The number of aromatic nitrogens is 2. The Morgan fingerprint density at radius 2 is 1.90 bits per heavy atom. The summed E-state index contributed by atoms with van der Waals surface area (Å²) in [5.74, 6) is 0.486. The molecule has 3 nitrogen and oxygen atoms in total. The summed E-state index contributed by atoms with van der Waals surface area (Å²) in [4.78, 5) is 0. The smallest absolute Gasteiger partial charge is 0.123 e. The number of nitrogens with one attached hydrogen (secondary N) is 1. The van der Waals surface area contributed by atoms with E-state index in [2.05, 4.69) is 15.1 Å². The molecular weight excluding hydrogens is 265 g/mol. The number of hydrogen-bond acceptors (Lipinski definition) is 2. The third-order valence-electron chi connectivity index (χ3n) is 4.33. The molecule has 0 bridgehead atoms. The summed E-state index contributed by atoms with van der Waals surface area (Å²) in [6, 6.07) is 7.44. The van der Waals surface area contributed by atoms with Gasteiger partial charge in [-0.15, -0.1) is 0 Å². The first-order valence-corrected chi connectivity index (χ1v) is 7.82. The molecule has 2 saturated carbocycles. The van der Waals surface area contributed by atoms with Crippen LogP contribution in [0.15, 0.2) is 30.5 Å². The lowest BCUT2D eigenvalue weighted by molar-refractivity contribution is 0.618. The Morgan fingerprint density at radius 3 is 2.57 bits per heavy atom. The van der Waals surface area contributed by atoms with Crippen LogP contribution < -0.4 is 5.32 Å². The van der Waals surface area contributed by atoms with Crippen LogP contribution in [0.5, 0.6) is 0 Å². The van der Waals surface area contributed by atoms with Gasteiger partial charge in [0.25, 0.3) is 0 Å². The summed E-state index contributed by atoms with van der Waals surface area (Å²) < 4.78 is 15.1. The maximum absolute atomic E-state index is 13.0. The average molecular weight is 285 g/mol. The van der Waals surface area contributed by atoms with Crippen LogP contribution in [-0.4, -0.2) is 15.8 Å². The topological polar surface area (TPSA) is 29.9 Å². The molecule has 110 valence electrons. The molecule has 4 heteroatoms. The minimum Gasteiger partial charge on any atom is -0.310 e. The highest BCUT2D eigenvalue weighted by Crippen LogP contribution is 2.42. The van der Waals surface area contributed by atoms with Crippen LogP contribution >= 0.6 is 0 Å². The number of rotatable bonds is 6. The molecule has 1 heterocycles. The van der Waals surface area contributed by atoms with E-state index >= 15 is 0 Å². The van der Waals surface area contributed by atoms with Crippen molar-refractivity contribution >= 4 is 0 Å². The normalized spacial score (nSPS) is 18.1. The van der Waals surface area contributed by atoms with Crippen molar-refractivity contribution in [1.29, 1.82) is 0 Å². The van der Waals surface area contributed by atoms with Crippen molar-refractivity contribution < 1.29 is 4.39 Å². The van der Waals surface area contributed by atoms with E-state index in [0.29, 0.717) is 5.92 Å². The third-order valence-corrected chi connectivity index (χ3v) is 4.33. The van der Waals surface area contributed by atoms with E-state index in [1.165, 1.54) is 49.1 Å². The van der Waals surface area contributed by atoms with Crippen LogP contribution in [0.3, 0.4) is 0 Å². The fraction of sp³-hybridized carbons (Fsp3) is 0.471. The van der Waals surface area contributed by atoms with E-state index in [9.17, 15) is 4.39 Å². The van der Waals surface area contributed by atoms with Crippen LogP contribution in [0.1, 0.15) is 48.4 Å². The van der Waals surface area contributed by atoms with E-state index in [-0.39, 0.29) is 5.82 Å². The molecule has 2 aliphatic rings. The van der Waals surface area contributed by atoms with Gasteiger partial charge in [-0.3, -0.25) is 4.68 Å². The van der Waals surface area contributed by atoms with Gasteiger partial charge < -0.3 is 5.32 Å². The fourth-order valence-corrected chi connectivity index (χ4v) is 2.83. The lowest BCUT2D eigenvalue weighted by atomic mass is 10.1. The van der Waals surface area contributed by atoms with Gasteiger partial charge in [0.15, 0.2) is 0 Å². The standard InChI is InChI=1S/C17H20FN3/c18-15-5-1-12(2-6-15)11-21-17(13-3-4-13)14(10-20-21)9-19-16-7-8-16/h1-2,5-6,10,13,16,19H,3-4,7-9,11H2. The van der Waals surface area contributed by atoms with Crippen molar-refractivity contribution in [2.75, 3.05) is 0 Å². The Kier molecular flexibility index (Phi) is 3.26. The quantitative estimate of drug-likeness (QED) is 0.883. The molecule has 21 heavy (non-hydrogen) atoms. The molecule has 4 rings (SSSR count). The van der Waals surface area contributed by atoms with E-state index in [0.717, 1.165) is 24.7 Å². The lowest BCUT2D eigenvalue weighted by Crippen LogP contribution is -2.16. The van der Waals surface area contributed by atoms with Gasteiger partial charge in [0.1, 0.15) is 5.82 Å².